The predicted molar refractivity (Wildman–Crippen MR) is 89.4 cm³/mol. The fourth-order valence-corrected chi connectivity index (χ4v) is 5.20. The molecule has 22 heavy (non-hydrogen) atoms. The van der Waals surface area contributed by atoms with Crippen molar-refractivity contribution in [1.82, 2.24) is 8.61 Å². The van der Waals surface area contributed by atoms with Gasteiger partial charge in [0.2, 0.25) is 0 Å². The van der Waals surface area contributed by atoms with E-state index in [4.69, 9.17) is 0 Å². The van der Waals surface area contributed by atoms with Crippen LogP contribution in [0.2, 0.25) is 0 Å². The number of anilines is 1. The Labute approximate surface area is 133 Å². The van der Waals surface area contributed by atoms with Gasteiger partial charge in [-0.25, -0.2) is 0 Å². The fourth-order valence-electron chi connectivity index (χ4n) is 3.53. The van der Waals surface area contributed by atoms with Gasteiger partial charge in [0.05, 0.1) is 0 Å². The van der Waals surface area contributed by atoms with E-state index < -0.39 is 10.2 Å². The van der Waals surface area contributed by atoms with Crippen LogP contribution in [-0.2, 0) is 10.2 Å². The van der Waals surface area contributed by atoms with E-state index in [1.54, 1.807) is 8.61 Å². The first-order valence-electron chi connectivity index (χ1n) is 8.06. The molecule has 0 aliphatic carbocycles. The normalized spacial score (nSPS) is 21.5. The Bertz CT molecular complexity index is 611. The molecule has 5 nitrogen and oxygen atoms in total. The molecule has 0 N–H and O–H groups in total. The van der Waals surface area contributed by atoms with Gasteiger partial charge in [0.1, 0.15) is 0 Å². The molecule has 0 atom stereocenters. The van der Waals surface area contributed by atoms with Crippen molar-refractivity contribution in [2.75, 3.05) is 44.2 Å². The van der Waals surface area contributed by atoms with Crippen molar-refractivity contribution in [3.05, 3.63) is 29.3 Å². The van der Waals surface area contributed by atoms with Crippen LogP contribution in [0.4, 0.5) is 5.69 Å². The highest BCUT2D eigenvalue weighted by atomic mass is 32.2. The van der Waals surface area contributed by atoms with E-state index in [1.165, 1.54) is 16.8 Å². The number of hydrogen-bond acceptors (Lipinski definition) is 3. The second-order valence-electron chi connectivity index (χ2n) is 6.24. The van der Waals surface area contributed by atoms with Gasteiger partial charge in [-0.15, -0.1) is 0 Å². The summed E-state index contributed by atoms with van der Waals surface area (Å²) in [6, 6.07) is 6.31. The average Bonchev–Trinajstić information content (AvgIpc) is 3.02. The van der Waals surface area contributed by atoms with E-state index >= 15 is 0 Å². The topological polar surface area (TPSA) is 43.9 Å². The number of benzene rings is 1. The monoisotopic (exact) mass is 323 g/mol. The molecular weight excluding hydrogens is 298 g/mol. The second-order valence-corrected chi connectivity index (χ2v) is 8.17. The summed E-state index contributed by atoms with van der Waals surface area (Å²) < 4.78 is 28.5. The molecule has 2 saturated heterocycles. The van der Waals surface area contributed by atoms with E-state index in [-0.39, 0.29) is 0 Å². The SMILES string of the molecule is Cc1cccc(C)c1N1CCN(S(=O)(=O)N2CCCC2)CC1. The summed E-state index contributed by atoms with van der Waals surface area (Å²) in [5.74, 6) is 0. The predicted octanol–water partition coefficient (Wildman–Crippen LogP) is 1.77. The van der Waals surface area contributed by atoms with Gasteiger partial charge in [0.25, 0.3) is 10.2 Å². The number of aryl methyl sites for hydroxylation is 2. The van der Waals surface area contributed by atoms with Gasteiger partial charge in [-0.1, -0.05) is 18.2 Å². The van der Waals surface area contributed by atoms with Gasteiger partial charge in [0.15, 0.2) is 0 Å². The molecular formula is C16H25N3O2S. The van der Waals surface area contributed by atoms with Gasteiger partial charge in [-0.2, -0.15) is 17.0 Å². The van der Waals surface area contributed by atoms with E-state index in [0.717, 1.165) is 25.9 Å². The molecule has 0 unspecified atom stereocenters. The Hall–Kier alpha value is -1.11. The molecule has 1 aromatic carbocycles. The van der Waals surface area contributed by atoms with Crippen molar-refractivity contribution in [3.63, 3.8) is 0 Å². The Morgan fingerprint density at radius 3 is 1.86 bits per heavy atom. The number of rotatable bonds is 3. The lowest BCUT2D eigenvalue weighted by Crippen LogP contribution is -2.52. The van der Waals surface area contributed by atoms with Gasteiger partial charge in [-0.05, 0) is 37.8 Å². The molecule has 0 radical (unpaired) electrons. The Kier molecular flexibility index (Phi) is 4.43. The van der Waals surface area contributed by atoms with Crippen molar-refractivity contribution in [1.29, 1.82) is 0 Å². The largest absolute Gasteiger partial charge is 0.368 e. The zero-order valence-electron chi connectivity index (χ0n) is 13.5. The van der Waals surface area contributed by atoms with Gasteiger partial charge in [0, 0.05) is 45.0 Å². The quantitative estimate of drug-likeness (QED) is 0.851. The highest BCUT2D eigenvalue weighted by Crippen LogP contribution is 2.26. The van der Waals surface area contributed by atoms with Gasteiger partial charge in [-0.3, -0.25) is 0 Å². The molecule has 6 heteroatoms. The minimum absolute atomic E-state index is 0.576. The third-order valence-corrected chi connectivity index (χ3v) is 6.75. The van der Waals surface area contributed by atoms with E-state index in [2.05, 4.69) is 36.9 Å². The molecule has 0 bridgehead atoms. The smallest absolute Gasteiger partial charge is 0.282 e. The highest BCUT2D eigenvalue weighted by molar-refractivity contribution is 7.86. The van der Waals surface area contributed by atoms with E-state index in [9.17, 15) is 8.42 Å². The van der Waals surface area contributed by atoms with Gasteiger partial charge >= 0.3 is 0 Å². The van der Waals surface area contributed by atoms with Gasteiger partial charge < -0.3 is 4.90 Å². The van der Waals surface area contributed by atoms with E-state index in [1.807, 2.05) is 0 Å². The molecule has 2 aliphatic rings. The lowest BCUT2D eigenvalue weighted by molar-refractivity contribution is 0.343. The molecule has 122 valence electrons. The van der Waals surface area contributed by atoms with Crippen molar-refractivity contribution in [2.24, 2.45) is 0 Å². The average molecular weight is 323 g/mol. The number of hydrogen-bond donors (Lipinski definition) is 0. The first kappa shape index (κ1) is 15.8. The summed E-state index contributed by atoms with van der Waals surface area (Å²) >= 11 is 0. The van der Waals surface area contributed by atoms with Crippen LogP contribution < -0.4 is 4.90 Å². The maximum absolute atomic E-state index is 12.6. The number of para-hydroxylation sites is 1. The maximum Gasteiger partial charge on any atom is 0.282 e. The van der Waals surface area contributed by atoms with Crippen molar-refractivity contribution < 1.29 is 8.42 Å². The number of nitrogens with zero attached hydrogens (tertiary/aromatic N) is 3. The van der Waals surface area contributed by atoms with Crippen LogP contribution in [0.5, 0.6) is 0 Å². The van der Waals surface area contributed by atoms with Crippen LogP contribution in [0.15, 0.2) is 18.2 Å². The zero-order valence-corrected chi connectivity index (χ0v) is 14.3. The first-order chi connectivity index (χ1) is 10.5. The third-order valence-electron chi connectivity index (χ3n) is 4.71. The lowest BCUT2D eigenvalue weighted by Gasteiger charge is -2.38. The standard InChI is InChI=1S/C16H25N3O2S/c1-14-6-5-7-15(2)16(14)17-10-12-19(13-11-17)22(20,21)18-8-3-4-9-18/h5-7H,3-4,8-13H2,1-2H3. The fraction of sp³-hybridized carbons (Fsp3) is 0.625. The minimum atomic E-state index is -3.25. The molecule has 0 amide bonds. The molecule has 0 saturated carbocycles. The highest BCUT2D eigenvalue weighted by Gasteiger charge is 2.34. The van der Waals surface area contributed by atoms with Crippen LogP contribution >= 0.6 is 0 Å². The summed E-state index contributed by atoms with van der Waals surface area (Å²) in [4.78, 5) is 2.32. The molecule has 0 spiro atoms. The van der Waals surface area contributed by atoms with Crippen molar-refractivity contribution in [2.45, 2.75) is 26.7 Å². The molecule has 1 aromatic rings. The van der Waals surface area contributed by atoms with Crippen LogP contribution in [0.25, 0.3) is 0 Å². The summed E-state index contributed by atoms with van der Waals surface area (Å²) in [7, 11) is -3.25. The lowest BCUT2D eigenvalue weighted by atomic mass is 10.1. The van der Waals surface area contributed by atoms with Crippen molar-refractivity contribution >= 4 is 15.9 Å². The maximum atomic E-state index is 12.6. The Balaban J connectivity index is 1.70. The van der Waals surface area contributed by atoms with Crippen LogP contribution in [0.3, 0.4) is 0 Å². The second kappa shape index (κ2) is 6.18. The van der Waals surface area contributed by atoms with E-state index in [0.29, 0.717) is 26.2 Å². The Morgan fingerprint density at radius 1 is 0.818 bits per heavy atom. The number of piperazine rings is 1. The summed E-state index contributed by atoms with van der Waals surface area (Å²) in [6.45, 7) is 8.28. The molecule has 0 aromatic heterocycles. The van der Waals surface area contributed by atoms with Crippen LogP contribution in [-0.4, -0.2) is 56.3 Å². The molecule has 3 rings (SSSR count). The third kappa shape index (κ3) is 2.87. The van der Waals surface area contributed by atoms with Crippen LogP contribution in [0.1, 0.15) is 24.0 Å². The molecule has 2 fully saturated rings. The molecule has 2 heterocycles. The van der Waals surface area contributed by atoms with Crippen molar-refractivity contribution in [3.8, 4) is 0 Å². The summed E-state index contributed by atoms with van der Waals surface area (Å²) in [5, 5.41) is 0. The minimum Gasteiger partial charge on any atom is -0.368 e. The Morgan fingerprint density at radius 2 is 1.32 bits per heavy atom. The summed E-state index contributed by atoms with van der Waals surface area (Å²) in [5.41, 5.74) is 3.78. The zero-order chi connectivity index (χ0) is 15.7. The molecule has 2 aliphatic heterocycles. The summed E-state index contributed by atoms with van der Waals surface area (Å²) in [6.07, 6.45) is 1.98. The first-order valence-corrected chi connectivity index (χ1v) is 9.46. The van der Waals surface area contributed by atoms with Crippen LogP contribution in [0, 0.1) is 13.8 Å².